The summed E-state index contributed by atoms with van der Waals surface area (Å²) < 4.78 is 4.71. The average Bonchev–Trinajstić information content (AvgIpc) is 2.95. The van der Waals surface area contributed by atoms with Gasteiger partial charge in [-0.2, -0.15) is 0 Å². The van der Waals surface area contributed by atoms with Gasteiger partial charge in [-0.25, -0.2) is 4.79 Å². The van der Waals surface area contributed by atoms with Crippen molar-refractivity contribution in [2.75, 3.05) is 24.0 Å². The first-order valence-corrected chi connectivity index (χ1v) is 13.0. The molecule has 0 bridgehead atoms. The van der Waals surface area contributed by atoms with Crippen LogP contribution in [0.15, 0.2) is 84.9 Å². The van der Waals surface area contributed by atoms with Gasteiger partial charge in [0.05, 0.1) is 13.7 Å². The Morgan fingerprint density at radius 3 is 2.24 bits per heavy atom. The number of hydrogen-bond acceptors (Lipinski definition) is 4. The van der Waals surface area contributed by atoms with Gasteiger partial charge in [0.2, 0.25) is 5.91 Å². The second-order valence-corrected chi connectivity index (χ2v) is 9.72. The molecule has 3 aromatic carbocycles. The Balaban J connectivity index is 1.54. The highest BCUT2D eigenvalue weighted by Gasteiger charge is 2.27. The molecule has 1 amide bonds. The molecule has 4 rings (SSSR count). The number of ether oxygens (including phenoxy) is 1. The smallest absolute Gasteiger partial charge is 0.330 e. The van der Waals surface area contributed by atoms with Crippen molar-refractivity contribution in [2.45, 2.75) is 45.2 Å². The minimum absolute atomic E-state index is 0.0549. The van der Waals surface area contributed by atoms with Crippen LogP contribution in [0.4, 0.5) is 11.4 Å². The number of nitrogens with zero attached hydrogens (tertiary/aromatic N) is 2. The van der Waals surface area contributed by atoms with Crippen molar-refractivity contribution in [3.63, 3.8) is 0 Å². The molecule has 0 N–H and O–H groups in total. The van der Waals surface area contributed by atoms with Crippen molar-refractivity contribution in [2.24, 2.45) is 5.92 Å². The molecule has 0 saturated heterocycles. The lowest BCUT2D eigenvalue weighted by Gasteiger charge is -2.30. The normalized spacial score (nSPS) is 13.9. The van der Waals surface area contributed by atoms with E-state index in [9.17, 15) is 9.59 Å². The van der Waals surface area contributed by atoms with Crippen molar-refractivity contribution in [3.05, 3.63) is 102 Å². The zero-order valence-corrected chi connectivity index (χ0v) is 21.8. The van der Waals surface area contributed by atoms with Gasteiger partial charge in [0.1, 0.15) is 0 Å². The van der Waals surface area contributed by atoms with Gasteiger partial charge in [0, 0.05) is 37.0 Å². The van der Waals surface area contributed by atoms with Crippen LogP contribution in [0.5, 0.6) is 0 Å². The van der Waals surface area contributed by atoms with Crippen molar-refractivity contribution in [1.82, 2.24) is 0 Å². The van der Waals surface area contributed by atoms with E-state index in [1.54, 1.807) is 6.08 Å². The maximum absolute atomic E-state index is 13.7. The molecular weight excluding hydrogens is 460 g/mol. The molecule has 192 valence electrons. The Labute approximate surface area is 220 Å². The van der Waals surface area contributed by atoms with E-state index >= 15 is 0 Å². The van der Waals surface area contributed by atoms with E-state index in [0.717, 1.165) is 54.7 Å². The minimum atomic E-state index is -0.405. The maximum Gasteiger partial charge on any atom is 0.330 e. The molecule has 5 heteroatoms. The first-order valence-electron chi connectivity index (χ1n) is 13.0. The number of anilines is 2. The van der Waals surface area contributed by atoms with Crippen LogP contribution in [-0.4, -0.2) is 26.0 Å². The molecule has 0 atom stereocenters. The fraction of sp³-hybridized carbons (Fsp3) is 0.312. The van der Waals surface area contributed by atoms with Crippen molar-refractivity contribution >= 4 is 29.3 Å². The van der Waals surface area contributed by atoms with E-state index in [0.29, 0.717) is 6.54 Å². The van der Waals surface area contributed by atoms with Gasteiger partial charge in [-0.05, 0) is 59.9 Å². The van der Waals surface area contributed by atoms with Crippen LogP contribution in [0.3, 0.4) is 0 Å². The summed E-state index contributed by atoms with van der Waals surface area (Å²) in [4.78, 5) is 29.4. The number of esters is 1. The van der Waals surface area contributed by atoms with E-state index in [2.05, 4.69) is 60.5 Å². The number of hydrogen-bond donors (Lipinski definition) is 0. The van der Waals surface area contributed by atoms with E-state index in [-0.39, 0.29) is 11.8 Å². The highest BCUT2D eigenvalue weighted by atomic mass is 16.5. The molecule has 0 radical (unpaired) electrons. The molecular formula is C32H36N2O3. The van der Waals surface area contributed by atoms with E-state index in [4.69, 9.17) is 4.74 Å². The van der Waals surface area contributed by atoms with Gasteiger partial charge in [-0.15, -0.1) is 0 Å². The summed E-state index contributed by atoms with van der Waals surface area (Å²) in [7, 11) is 3.45. The summed E-state index contributed by atoms with van der Waals surface area (Å²) in [5.41, 5.74) is 5.17. The molecule has 0 spiro atoms. The van der Waals surface area contributed by atoms with Gasteiger partial charge in [-0.3, -0.25) is 4.79 Å². The van der Waals surface area contributed by atoms with E-state index < -0.39 is 5.97 Å². The Morgan fingerprint density at radius 2 is 1.54 bits per heavy atom. The van der Waals surface area contributed by atoms with Crippen molar-refractivity contribution in [1.29, 1.82) is 0 Å². The van der Waals surface area contributed by atoms with Crippen molar-refractivity contribution in [3.8, 4) is 0 Å². The monoisotopic (exact) mass is 496 g/mol. The predicted molar refractivity (Wildman–Crippen MR) is 150 cm³/mol. The second kappa shape index (κ2) is 12.9. The summed E-state index contributed by atoms with van der Waals surface area (Å²) in [6.07, 6.45) is 8.42. The highest BCUT2D eigenvalue weighted by Crippen LogP contribution is 2.30. The molecule has 0 aromatic heterocycles. The largest absolute Gasteiger partial charge is 0.466 e. The Kier molecular flexibility index (Phi) is 9.14. The van der Waals surface area contributed by atoms with E-state index in [1.807, 2.05) is 35.2 Å². The standard InChI is InChI=1S/C32H36N2O3/c1-33(23-26-10-5-3-6-11-26)29-19-16-27(17-20-29)24-34(32(36)28-13-7-4-8-14-28)30-15-9-12-25(22-30)18-21-31(35)37-2/h3,5-6,9-12,15-22,28H,4,7-8,13-14,23-24H2,1-2H3/b21-18+. The molecule has 0 aliphatic heterocycles. The topological polar surface area (TPSA) is 49.9 Å². The number of carbonyl (C=O) groups is 2. The van der Waals surface area contributed by atoms with Crippen molar-refractivity contribution < 1.29 is 14.3 Å². The number of methoxy groups -OCH3 is 1. The molecule has 3 aromatic rings. The average molecular weight is 497 g/mol. The lowest BCUT2D eigenvalue weighted by molar-refractivity contribution is -0.134. The Hall–Kier alpha value is -3.86. The molecule has 1 aliphatic rings. The quantitative estimate of drug-likeness (QED) is 0.247. The van der Waals surface area contributed by atoms with Gasteiger partial charge < -0.3 is 14.5 Å². The lowest BCUT2D eigenvalue weighted by atomic mass is 9.88. The summed E-state index contributed by atoms with van der Waals surface area (Å²) in [6, 6.07) is 26.7. The molecule has 1 fully saturated rings. The summed E-state index contributed by atoms with van der Waals surface area (Å²) in [5.74, 6) is -0.170. The third-order valence-corrected chi connectivity index (χ3v) is 7.00. The van der Waals surface area contributed by atoms with Crippen LogP contribution in [0.25, 0.3) is 6.08 Å². The number of carbonyl (C=O) groups excluding carboxylic acids is 2. The maximum atomic E-state index is 13.7. The fourth-order valence-corrected chi connectivity index (χ4v) is 4.88. The van der Waals surface area contributed by atoms with Crippen LogP contribution >= 0.6 is 0 Å². The van der Waals surface area contributed by atoms with Gasteiger partial charge >= 0.3 is 5.97 Å². The second-order valence-electron chi connectivity index (χ2n) is 9.72. The summed E-state index contributed by atoms with van der Waals surface area (Å²) >= 11 is 0. The predicted octanol–water partition coefficient (Wildman–Crippen LogP) is 6.62. The van der Waals surface area contributed by atoms with Crippen LogP contribution < -0.4 is 9.80 Å². The Bertz CT molecular complexity index is 1200. The molecule has 5 nitrogen and oxygen atoms in total. The molecule has 0 heterocycles. The Morgan fingerprint density at radius 1 is 0.838 bits per heavy atom. The van der Waals surface area contributed by atoms with Gasteiger partial charge in [-0.1, -0.05) is 73.9 Å². The summed E-state index contributed by atoms with van der Waals surface area (Å²) in [5, 5.41) is 0. The number of rotatable bonds is 9. The van der Waals surface area contributed by atoms with Crippen LogP contribution in [0, 0.1) is 5.92 Å². The molecule has 37 heavy (non-hydrogen) atoms. The fourth-order valence-electron chi connectivity index (χ4n) is 4.88. The SMILES string of the molecule is COC(=O)/C=C/c1cccc(N(Cc2ccc(N(C)Cc3ccccc3)cc2)C(=O)C2CCCCC2)c1. The number of benzene rings is 3. The van der Waals surface area contributed by atoms with Crippen LogP contribution in [0.2, 0.25) is 0 Å². The van der Waals surface area contributed by atoms with Gasteiger partial charge in [0.15, 0.2) is 0 Å². The summed E-state index contributed by atoms with van der Waals surface area (Å²) in [6.45, 7) is 1.33. The third-order valence-electron chi connectivity index (χ3n) is 7.00. The molecule has 0 unspecified atom stereocenters. The number of amides is 1. The van der Waals surface area contributed by atoms with Crippen LogP contribution in [0.1, 0.15) is 48.8 Å². The third kappa shape index (κ3) is 7.32. The first-order chi connectivity index (χ1) is 18.0. The zero-order chi connectivity index (χ0) is 26.0. The van der Waals surface area contributed by atoms with E-state index in [1.165, 1.54) is 25.2 Å². The van der Waals surface area contributed by atoms with Gasteiger partial charge in [0.25, 0.3) is 0 Å². The van der Waals surface area contributed by atoms with Crippen LogP contribution in [-0.2, 0) is 27.4 Å². The zero-order valence-electron chi connectivity index (χ0n) is 21.8. The highest BCUT2D eigenvalue weighted by molar-refractivity contribution is 5.95. The molecule has 1 aliphatic carbocycles. The minimum Gasteiger partial charge on any atom is -0.466 e. The first kappa shape index (κ1) is 26.2. The lowest BCUT2D eigenvalue weighted by Crippen LogP contribution is -2.36. The molecule has 1 saturated carbocycles.